The van der Waals surface area contributed by atoms with Gasteiger partial charge in [0, 0.05) is 0 Å². The Hall–Kier alpha value is -2.04. The summed E-state index contributed by atoms with van der Waals surface area (Å²) in [5, 5.41) is 9.89. The molecule has 0 bridgehead atoms. The summed E-state index contributed by atoms with van der Waals surface area (Å²) < 4.78 is 0. The zero-order chi connectivity index (χ0) is 11.0. The highest BCUT2D eigenvalue weighted by Gasteiger charge is 2.22. The standard InChI is InChI=1S/C11H13N5/c12-10-14-11(16-15-10)13-9-6-5-7-3-1-2-4-8(7)9/h1-4,9H,5-6H2,(H4,12,13,14,15,16). The first-order valence-electron chi connectivity index (χ1n) is 5.35. The first-order chi connectivity index (χ1) is 7.83. The van der Waals surface area contributed by atoms with Gasteiger partial charge in [-0.1, -0.05) is 24.3 Å². The molecule has 0 aliphatic heterocycles. The van der Waals surface area contributed by atoms with Crippen molar-refractivity contribution in [2.24, 2.45) is 0 Å². The lowest BCUT2D eigenvalue weighted by Gasteiger charge is -2.11. The van der Waals surface area contributed by atoms with Crippen molar-refractivity contribution in [3.05, 3.63) is 35.4 Å². The first kappa shape index (κ1) is 9.21. The zero-order valence-electron chi connectivity index (χ0n) is 8.77. The minimum Gasteiger partial charge on any atom is -0.368 e. The molecule has 1 aromatic heterocycles. The summed E-state index contributed by atoms with van der Waals surface area (Å²) in [6.45, 7) is 0. The molecule has 4 N–H and O–H groups in total. The molecule has 2 aromatic rings. The average molecular weight is 215 g/mol. The van der Waals surface area contributed by atoms with Crippen molar-refractivity contribution < 1.29 is 0 Å². The maximum atomic E-state index is 5.48. The lowest BCUT2D eigenvalue weighted by Crippen LogP contribution is -2.08. The molecular formula is C11H13N5. The summed E-state index contributed by atoms with van der Waals surface area (Å²) in [7, 11) is 0. The number of anilines is 2. The van der Waals surface area contributed by atoms with Gasteiger partial charge in [-0.2, -0.15) is 4.98 Å². The highest BCUT2D eigenvalue weighted by Crippen LogP contribution is 2.32. The smallest absolute Gasteiger partial charge is 0.244 e. The largest absolute Gasteiger partial charge is 0.368 e. The van der Waals surface area contributed by atoms with Gasteiger partial charge in [-0.25, -0.2) is 5.10 Å². The number of nitrogen functional groups attached to an aromatic ring is 1. The Morgan fingerprint density at radius 1 is 1.38 bits per heavy atom. The van der Waals surface area contributed by atoms with Crippen molar-refractivity contribution in [1.82, 2.24) is 15.2 Å². The van der Waals surface area contributed by atoms with E-state index in [0.29, 0.717) is 17.9 Å². The molecule has 0 spiro atoms. The Labute approximate surface area is 93.1 Å². The van der Waals surface area contributed by atoms with Crippen LogP contribution in [-0.2, 0) is 6.42 Å². The summed E-state index contributed by atoms with van der Waals surface area (Å²) in [6, 6.07) is 8.75. The number of hydrogen-bond donors (Lipinski definition) is 3. The predicted octanol–water partition coefficient (Wildman–Crippen LogP) is 1.49. The second kappa shape index (κ2) is 3.52. The van der Waals surface area contributed by atoms with Gasteiger partial charge in [-0.15, -0.1) is 5.10 Å². The van der Waals surface area contributed by atoms with Crippen LogP contribution in [0.4, 0.5) is 11.9 Å². The van der Waals surface area contributed by atoms with E-state index in [2.05, 4.69) is 44.8 Å². The molecule has 16 heavy (non-hydrogen) atoms. The molecule has 3 rings (SSSR count). The van der Waals surface area contributed by atoms with Crippen LogP contribution in [0.15, 0.2) is 24.3 Å². The third-order valence-electron chi connectivity index (χ3n) is 2.94. The third-order valence-corrected chi connectivity index (χ3v) is 2.94. The molecule has 1 aliphatic carbocycles. The van der Waals surface area contributed by atoms with E-state index in [9.17, 15) is 0 Å². The molecule has 0 saturated carbocycles. The lowest BCUT2D eigenvalue weighted by atomic mass is 10.1. The maximum Gasteiger partial charge on any atom is 0.244 e. The number of aryl methyl sites for hydroxylation is 1. The van der Waals surface area contributed by atoms with E-state index >= 15 is 0 Å². The van der Waals surface area contributed by atoms with Gasteiger partial charge in [0.1, 0.15) is 0 Å². The number of benzene rings is 1. The molecule has 0 saturated heterocycles. The van der Waals surface area contributed by atoms with Gasteiger partial charge in [-0.05, 0) is 24.0 Å². The monoisotopic (exact) mass is 215 g/mol. The number of nitrogens with one attached hydrogen (secondary N) is 2. The lowest BCUT2D eigenvalue weighted by molar-refractivity contribution is 0.752. The summed E-state index contributed by atoms with van der Waals surface area (Å²) in [6.07, 6.45) is 2.18. The van der Waals surface area contributed by atoms with Crippen LogP contribution in [0.25, 0.3) is 0 Å². The minimum absolute atomic E-state index is 0.298. The molecule has 82 valence electrons. The Balaban J connectivity index is 1.83. The maximum absolute atomic E-state index is 5.48. The van der Waals surface area contributed by atoms with Crippen molar-refractivity contribution in [1.29, 1.82) is 0 Å². The molecule has 1 unspecified atom stereocenters. The summed E-state index contributed by atoms with van der Waals surface area (Å²) in [5.74, 6) is 0.910. The zero-order valence-corrected chi connectivity index (χ0v) is 8.77. The fourth-order valence-corrected chi connectivity index (χ4v) is 2.20. The summed E-state index contributed by atoms with van der Waals surface area (Å²) in [5.41, 5.74) is 8.22. The van der Waals surface area contributed by atoms with Gasteiger partial charge < -0.3 is 11.1 Å². The van der Waals surface area contributed by atoms with Crippen LogP contribution in [0.5, 0.6) is 0 Å². The van der Waals surface area contributed by atoms with Gasteiger partial charge in [0.05, 0.1) is 6.04 Å². The predicted molar refractivity (Wildman–Crippen MR) is 61.9 cm³/mol. The fraction of sp³-hybridized carbons (Fsp3) is 0.273. The molecule has 1 heterocycles. The number of nitrogens with zero attached hydrogens (tertiary/aromatic N) is 2. The SMILES string of the molecule is Nc1nc(NC2CCc3ccccc32)n[nH]1. The normalized spacial score (nSPS) is 18.4. The van der Waals surface area contributed by atoms with E-state index in [-0.39, 0.29) is 0 Å². The molecule has 0 amide bonds. The minimum atomic E-state index is 0.298. The van der Waals surface area contributed by atoms with E-state index in [1.165, 1.54) is 11.1 Å². The Morgan fingerprint density at radius 3 is 3.06 bits per heavy atom. The fourth-order valence-electron chi connectivity index (χ4n) is 2.20. The van der Waals surface area contributed by atoms with E-state index in [4.69, 9.17) is 5.73 Å². The van der Waals surface area contributed by atoms with Crippen LogP contribution in [0.1, 0.15) is 23.6 Å². The molecule has 0 fully saturated rings. The van der Waals surface area contributed by atoms with Gasteiger partial charge >= 0.3 is 0 Å². The van der Waals surface area contributed by atoms with Crippen molar-refractivity contribution in [3.8, 4) is 0 Å². The van der Waals surface area contributed by atoms with E-state index in [1.807, 2.05) is 0 Å². The van der Waals surface area contributed by atoms with E-state index in [0.717, 1.165) is 12.8 Å². The van der Waals surface area contributed by atoms with Crippen LogP contribution in [-0.4, -0.2) is 15.2 Å². The summed E-state index contributed by atoms with van der Waals surface area (Å²) >= 11 is 0. The van der Waals surface area contributed by atoms with Crippen LogP contribution in [0, 0.1) is 0 Å². The Bertz CT molecular complexity index is 505. The van der Waals surface area contributed by atoms with Crippen LogP contribution < -0.4 is 11.1 Å². The highest BCUT2D eigenvalue weighted by molar-refractivity contribution is 5.41. The van der Waals surface area contributed by atoms with Gasteiger partial charge in [-0.3, -0.25) is 0 Å². The first-order valence-corrected chi connectivity index (χ1v) is 5.35. The molecular weight excluding hydrogens is 202 g/mol. The summed E-state index contributed by atoms with van der Waals surface area (Å²) in [4.78, 5) is 4.05. The highest BCUT2D eigenvalue weighted by atomic mass is 15.3. The van der Waals surface area contributed by atoms with Crippen molar-refractivity contribution in [3.63, 3.8) is 0 Å². The van der Waals surface area contributed by atoms with Crippen molar-refractivity contribution in [2.75, 3.05) is 11.1 Å². The molecule has 1 aromatic carbocycles. The number of H-pyrrole nitrogens is 1. The molecule has 0 radical (unpaired) electrons. The number of nitrogens with two attached hydrogens (primary N) is 1. The molecule has 5 heteroatoms. The molecule has 1 atom stereocenters. The van der Waals surface area contributed by atoms with Crippen LogP contribution in [0.3, 0.4) is 0 Å². The third kappa shape index (κ3) is 1.50. The quantitative estimate of drug-likeness (QED) is 0.709. The number of hydrogen-bond acceptors (Lipinski definition) is 4. The number of rotatable bonds is 2. The molecule has 5 nitrogen and oxygen atoms in total. The molecule has 1 aliphatic rings. The van der Waals surface area contributed by atoms with Gasteiger partial charge in [0.25, 0.3) is 0 Å². The second-order valence-corrected chi connectivity index (χ2v) is 3.98. The van der Waals surface area contributed by atoms with Crippen LogP contribution >= 0.6 is 0 Å². The number of aromatic nitrogens is 3. The van der Waals surface area contributed by atoms with Gasteiger partial charge in [0.2, 0.25) is 11.9 Å². The Kier molecular flexibility index (Phi) is 2.02. The number of fused-ring (bicyclic) bond motifs is 1. The van der Waals surface area contributed by atoms with Crippen LogP contribution in [0.2, 0.25) is 0 Å². The van der Waals surface area contributed by atoms with E-state index in [1.54, 1.807) is 0 Å². The van der Waals surface area contributed by atoms with Crippen molar-refractivity contribution in [2.45, 2.75) is 18.9 Å². The second-order valence-electron chi connectivity index (χ2n) is 3.98. The van der Waals surface area contributed by atoms with E-state index < -0.39 is 0 Å². The number of aromatic amines is 1. The van der Waals surface area contributed by atoms with Gasteiger partial charge in [0.15, 0.2) is 0 Å². The Morgan fingerprint density at radius 2 is 2.25 bits per heavy atom. The van der Waals surface area contributed by atoms with Crippen molar-refractivity contribution >= 4 is 11.9 Å². The average Bonchev–Trinajstić information content (AvgIpc) is 2.87. The topological polar surface area (TPSA) is 79.6 Å².